The summed E-state index contributed by atoms with van der Waals surface area (Å²) in [7, 11) is 1.67. The van der Waals surface area contributed by atoms with Crippen LogP contribution in [0.4, 0.5) is 17.1 Å². The summed E-state index contributed by atoms with van der Waals surface area (Å²) < 4.78 is 10.8. The molecule has 1 unspecified atom stereocenters. The fourth-order valence-electron chi connectivity index (χ4n) is 4.50. The van der Waals surface area contributed by atoms with Gasteiger partial charge in [-0.15, -0.1) is 0 Å². The molecule has 0 heterocycles. The Hall–Kier alpha value is -4.80. The second-order valence-electron chi connectivity index (χ2n) is 9.13. The van der Waals surface area contributed by atoms with E-state index in [1.165, 1.54) is 16.7 Å². The second kappa shape index (κ2) is 12.2. The Bertz CT molecular complexity index is 1450. The Kier molecular flexibility index (Phi) is 8.06. The number of rotatable bonds is 9. The molecule has 0 bridgehead atoms. The maximum absolute atomic E-state index is 9.57. The molecule has 5 aromatic rings. The predicted molar refractivity (Wildman–Crippen MR) is 160 cm³/mol. The molecule has 0 radical (unpaired) electrons. The SMILES string of the molecule is COc1ccc(N(c2ccc(C=C(c3ccccc3)c3ccccc3)cc2)c2ccc(OC(C)O)cc2)cc1. The number of benzene rings is 5. The molecular weight excluding hydrogens is 482 g/mol. The monoisotopic (exact) mass is 513 g/mol. The first-order chi connectivity index (χ1) is 19.1. The highest BCUT2D eigenvalue weighted by atomic mass is 16.6. The van der Waals surface area contributed by atoms with Crippen molar-refractivity contribution in [3.63, 3.8) is 0 Å². The first-order valence-corrected chi connectivity index (χ1v) is 12.9. The predicted octanol–water partition coefficient (Wildman–Crippen LogP) is 8.47. The summed E-state index contributed by atoms with van der Waals surface area (Å²) in [5.74, 6) is 1.41. The molecule has 0 fully saturated rings. The van der Waals surface area contributed by atoms with E-state index in [1.807, 2.05) is 60.7 Å². The van der Waals surface area contributed by atoms with Crippen molar-refractivity contribution in [2.45, 2.75) is 13.2 Å². The zero-order valence-corrected chi connectivity index (χ0v) is 22.1. The standard InChI is InChI=1S/C35H31NO3/c1-26(37)39-34-23-19-32(20-24-34)36(31-17-21-33(38-2)22-18-31)30-15-13-27(14-16-30)25-35(28-9-5-3-6-10-28)29-11-7-4-8-12-29/h3-26,37H,1-2H3. The van der Waals surface area contributed by atoms with Crippen molar-refractivity contribution in [1.82, 2.24) is 0 Å². The van der Waals surface area contributed by atoms with E-state index in [2.05, 4.69) is 83.8 Å². The molecule has 0 aliphatic rings. The minimum absolute atomic E-state index is 0.610. The lowest BCUT2D eigenvalue weighted by Crippen LogP contribution is -2.11. The van der Waals surface area contributed by atoms with Gasteiger partial charge in [-0.3, -0.25) is 0 Å². The molecule has 1 N–H and O–H groups in total. The minimum atomic E-state index is -0.870. The molecule has 0 saturated carbocycles. The van der Waals surface area contributed by atoms with E-state index in [0.717, 1.165) is 28.4 Å². The van der Waals surface area contributed by atoms with Crippen molar-refractivity contribution in [3.05, 3.63) is 150 Å². The summed E-state index contributed by atoms with van der Waals surface area (Å²) in [5, 5.41) is 9.57. The number of anilines is 3. The molecule has 194 valence electrons. The number of ether oxygens (including phenoxy) is 2. The van der Waals surface area contributed by atoms with Crippen molar-refractivity contribution in [2.75, 3.05) is 12.0 Å². The van der Waals surface area contributed by atoms with Gasteiger partial charge in [-0.2, -0.15) is 0 Å². The van der Waals surface area contributed by atoms with E-state index in [1.54, 1.807) is 14.0 Å². The van der Waals surface area contributed by atoms with Gasteiger partial charge in [0.2, 0.25) is 0 Å². The number of aliphatic hydroxyl groups excluding tert-OH is 1. The van der Waals surface area contributed by atoms with E-state index in [4.69, 9.17) is 9.47 Å². The molecule has 0 aliphatic carbocycles. The lowest BCUT2D eigenvalue weighted by molar-refractivity contribution is -0.000284. The highest BCUT2D eigenvalue weighted by molar-refractivity contribution is 5.91. The van der Waals surface area contributed by atoms with E-state index >= 15 is 0 Å². The summed E-state index contributed by atoms with van der Waals surface area (Å²) in [6.07, 6.45) is 1.36. The van der Waals surface area contributed by atoms with Gasteiger partial charge in [-0.1, -0.05) is 72.8 Å². The van der Waals surface area contributed by atoms with E-state index in [0.29, 0.717) is 5.75 Å². The Balaban J connectivity index is 1.52. The summed E-state index contributed by atoms with van der Waals surface area (Å²) in [6, 6.07) is 45.1. The number of aliphatic hydroxyl groups is 1. The average molecular weight is 514 g/mol. The van der Waals surface area contributed by atoms with Gasteiger partial charge in [0, 0.05) is 17.1 Å². The Labute approximate surface area is 230 Å². The molecule has 0 saturated heterocycles. The number of methoxy groups -OCH3 is 1. The van der Waals surface area contributed by atoms with Crippen LogP contribution in [0.15, 0.2) is 133 Å². The zero-order chi connectivity index (χ0) is 27.0. The average Bonchev–Trinajstić information content (AvgIpc) is 2.98. The van der Waals surface area contributed by atoms with Crippen LogP contribution in [-0.2, 0) is 0 Å². The third-order valence-electron chi connectivity index (χ3n) is 6.36. The first kappa shape index (κ1) is 25.8. The van der Waals surface area contributed by atoms with Crippen LogP contribution in [-0.4, -0.2) is 18.5 Å². The minimum Gasteiger partial charge on any atom is -0.497 e. The highest BCUT2D eigenvalue weighted by Gasteiger charge is 2.14. The molecule has 5 rings (SSSR count). The van der Waals surface area contributed by atoms with Gasteiger partial charge in [-0.25, -0.2) is 0 Å². The topological polar surface area (TPSA) is 41.9 Å². The van der Waals surface area contributed by atoms with Gasteiger partial charge in [0.1, 0.15) is 11.5 Å². The third kappa shape index (κ3) is 6.38. The molecule has 5 aromatic carbocycles. The summed E-state index contributed by atoms with van der Waals surface area (Å²) in [4.78, 5) is 2.17. The second-order valence-corrected chi connectivity index (χ2v) is 9.13. The van der Waals surface area contributed by atoms with Crippen LogP contribution in [0.1, 0.15) is 23.6 Å². The van der Waals surface area contributed by atoms with Crippen molar-refractivity contribution >= 4 is 28.7 Å². The highest BCUT2D eigenvalue weighted by Crippen LogP contribution is 2.37. The molecule has 4 heteroatoms. The van der Waals surface area contributed by atoms with Crippen molar-refractivity contribution in [3.8, 4) is 11.5 Å². The van der Waals surface area contributed by atoms with Gasteiger partial charge < -0.3 is 19.5 Å². The fourth-order valence-corrected chi connectivity index (χ4v) is 4.50. The van der Waals surface area contributed by atoms with Gasteiger partial charge >= 0.3 is 0 Å². The van der Waals surface area contributed by atoms with Crippen LogP contribution in [0.2, 0.25) is 0 Å². The lowest BCUT2D eigenvalue weighted by atomic mass is 9.95. The molecular formula is C35H31NO3. The van der Waals surface area contributed by atoms with E-state index < -0.39 is 6.29 Å². The smallest absolute Gasteiger partial charge is 0.194 e. The number of hydrogen-bond donors (Lipinski definition) is 1. The molecule has 0 amide bonds. The van der Waals surface area contributed by atoms with Crippen LogP contribution < -0.4 is 14.4 Å². The summed E-state index contributed by atoms with van der Waals surface area (Å²) in [6.45, 7) is 1.59. The van der Waals surface area contributed by atoms with Gasteiger partial charge in [0.15, 0.2) is 6.29 Å². The van der Waals surface area contributed by atoms with E-state index in [9.17, 15) is 5.11 Å². The largest absolute Gasteiger partial charge is 0.497 e. The Morgan fingerprint density at radius 3 is 1.49 bits per heavy atom. The van der Waals surface area contributed by atoms with Crippen LogP contribution >= 0.6 is 0 Å². The first-order valence-electron chi connectivity index (χ1n) is 12.9. The van der Waals surface area contributed by atoms with Gasteiger partial charge in [0.05, 0.1) is 7.11 Å². The summed E-state index contributed by atoms with van der Waals surface area (Å²) in [5.41, 5.74) is 7.61. The third-order valence-corrected chi connectivity index (χ3v) is 6.36. The maximum atomic E-state index is 9.57. The molecule has 39 heavy (non-hydrogen) atoms. The Morgan fingerprint density at radius 1 is 0.615 bits per heavy atom. The van der Waals surface area contributed by atoms with Crippen molar-refractivity contribution in [1.29, 1.82) is 0 Å². The lowest BCUT2D eigenvalue weighted by Gasteiger charge is -2.26. The van der Waals surface area contributed by atoms with Crippen LogP contribution in [0.25, 0.3) is 11.6 Å². The normalized spacial score (nSPS) is 11.4. The van der Waals surface area contributed by atoms with Crippen LogP contribution in [0.5, 0.6) is 11.5 Å². The molecule has 1 atom stereocenters. The molecule has 0 aliphatic heterocycles. The van der Waals surface area contributed by atoms with Gasteiger partial charge in [-0.05, 0) is 95.9 Å². The van der Waals surface area contributed by atoms with Crippen molar-refractivity contribution in [2.24, 2.45) is 0 Å². The number of hydrogen-bond acceptors (Lipinski definition) is 4. The molecule has 0 spiro atoms. The Morgan fingerprint density at radius 2 is 1.05 bits per heavy atom. The van der Waals surface area contributed by atoms with Crippen LogP contribution in [0.3, 0.4) is 0 Å². The van der Waals surface area contributed by atoms with Gasteiger partial charge in [0.25, 0.3) is 0 Å². The molecule has 0 aromatic heterocycles. The van der Waals surface area contributed by atoms with Crippen LogP contribution in [0, 0.1) is 0 Å². The molecule has 4 nitrogen and oxygen atoms in total. The van der Waals surface area contributed by atoms with E-state index in [-0.39, 0.29) is 0 Å². The van der Waals surface area contributed by atoms with Crippen molar-refractivity contribution < 1.29 is 14.6 Å². The summed E-state index contributed by atoms with van der Waals surface area (Å²) >= 11 is 0. The zero-order valence-electron chi connectivity index (χ0n) is 22.1. The maximum Gasteiger partial charge on any atom is 0.194 e. The fraction of sp³-hybridized carbons (Fsp3) is 0.0857. The number of nitrogens with zero attached hydrogens (tertiary/aromatic N) is 1. The quantitative estimate of drug-likeness (QED) is 0.159.